The summed E-state index contributed by atoms with van der Waals surface area (Å²) in [6.45, 7) is 3.80. The van der Waals surface area contributed by atoms with Gasteiger partial charge in [-0.25, -0.2) is 0 Å². The molecule has 2 aromatic rings. The van der Waals surface area contributed by atoms with Crippen molar-refractivity contribution < 1.29 is 14.6 Å². The first-order valence-corrected chi connectivity index (χ1v) is 8.07. The highest BCUT2D eigenvalue weighted by atomic mass is 16.5. The zero-order chi connectivity index (χ0) is 16.8. The molecule has 0 aliphatic carbocycles. The van der Waals surface area contributed by atoms with Gasteiger partial charge in [-0.3, -0.25) is 14.7 Å². The van der Waals surface area contributed by atoms with Gasteiger partial charge in [-0.1, -0.05) is 0 Å². The molecule has 6 nitrogen and oxygen atoms in total. The molecule has 0 atom stereocenters. The van der Waals surface area contributed by atoms with Gasteiger partial charge in [0, 0.05) is 44.5 Å². The van der Waals surface area contributed by atoms with Crippen molar-refractivity contribution >= 4 is 5.91 Å². The Hall–Kier alpha value is -2.44. The molecular formula is C18H21N3O3. The summed E-state index contributed by atoms with van der Waals surface area (Å²) in [4.78, 5) is 20.6. The van der Waals surface area contributed by atoms with Crippen LogP contribution in [0.15, 0.2) is 48.8 Å². The highest BCUT2D eigenvalue weighted by Crippen LogP contribution is 2.21. The third kappa shape index (κ3) is 4.10. The van der Waals surface area contributed by atoms with Crippen LogP contribution < -0.4 is 4.74 Å². The Morgan fingerprint density at radius 3 is 2.46 bits per heavy atom. The van der Waals surface area contributed by atoms with Gasteiger partial charge in [0.2, 0.25) is 0 Å². The molecule has 1 N–H and O–H groups in total. The van der Waals surface area contributed by atoms with E-state index in [-0.39, 0.29) is 12.5 Å². The minimum Gasteiger partial charge on any atom is -0.456 e. The Bertz CT molecular complexity index is 653. The Labute approximate surface area is 141 Å². The number of aliphatic hydroxyl groups excluding tert-OH is 1. The zero-order valence-electron chi connectivity index (χ0n) is 13.5. The molecule has 3 rings (SSSR count). The maximum absolute atomic E-state index is 12.5. The van der Waals surface area contributed by atoms with Gasteiger partial charge in [-0.15, -0.1) is 0 Å². The van der Waals surface area contributed by atoms with Gasteiger partial charge < -0.3 is 14.7 Å². The maximum atomic E-state index is 12.5. The van der Waals surface area contributed by atoms with E-state index in [0.29, 0.717) is 36.7 Å². The number of pyridine rings is 1. The van der Waals surface area contributed by atoms with Crippen LogP contribution in [-0.4, -0.2) is 65.1 Å². The summed E-state index contributed by atoms with van der Waals surface area (Å²) < 4.78 is 5.68. The topological polar surface area (TPSA) is 65.9 Å². The lowest BCUT2D eigenvalue weighted by atomic mass is 10.1. The third-order valence-electron chi connectivity index (χ3n) is 4.05. The first kappa shape index (κ1) is 16.4. The van der Waals surface area contributed by atoms with Crippen LogP contribution in [0.2, 0.25) is 0 Å². The van der Waals surface area contributed by atoms with Gasteiger partial charge in [0.15, 0.2) is 0 Å². The summed E-state index contributed by atoms with van der Waals surface area (Å²) in [5.41, 5.74) is 0.657. The second-order valence-electron chi connectivity index (χ2n) is 5.67. The monoisotopic (exact) mass is 327 g/mol. The number of aliphatic hydroxyl groups is 1. The number of hydrogen-bond acceptors (Lipinski definition) is 5. The number of ether oxygens (including phenoxy) is 1. The van der Waals surface area contributed by atoms with E-state index in [1.54, 1.807) is 36.7 Å². The van der Waals surface area contributed by atoms with E-state index >= 15 is 0 Å². The van der Waals surface area contributed by atoms with Crippen molar-refractivity contribution in [2.24, 2.45) is 0 Å². The molecule has 126 valence electrons. The zero-order valence-corrected chi connectivity index (χ0v) is 13.5. The van der Waals surface area contributed by atoms with Crippen LogP contribution >= 0.6 is 0 Å². The number of nitrogens with zero attached hydrogens (tertiary/aromatic N) is 3. The van der Waals surface area contributed by atoms with E-state index in [2.05, 4.69) is 9.88 Å². The summed E-state index contributed by atoms with van der Waals surface area (Å²) >= 11 is 0. The predicted octanol–water partition coefficient (Wildman–Crippen LogP) is 1.62. The largest absolute Gasteiger partial charge is 0.456 e. The second-order valence-corrected chi connectivity index (χ2v) is 5.67. The van der Waals surface area contributed by atoms with Gasteiger partial charge in [-0.2, -0.15) is 0 Å². The van der Waals surface area contributed by atoms with Crippen molar-refractivity contribution in [3.05, 3.63) is 54.4 Å². The Kier molecular flexibility index (Phi) is 5.40. The van der Waals surface area contributed by atoms with E-state index in [0.717, 1.165) is 13.1 Å². The molecular weight excluding hydrogens is 306 g/mol. The van der Waals surface area contributed by atoms with E-state index in [4.69, 9.17) is 9.84 Å². The molecule has 1 aliphatic rings. The quantitative estimate of drug-likeness (QED) is 0.904. The first-order valence-electron chi connectivity index (χ1n) is 8.07. The number of carbonyl (C=O) groups excluding carboxylic acids is 1. The molecule has 0 bridgehead atoms. The van der Waals surface area contributed by atoms with Crippen LogP contribution in [0.4, 0.5) is 0 Å². The number of amides is 1. The highest BCUT2D eigenvalue weighted by Gasteiger charge is 2.21. The highest BCUT2D eigenvalue weighted by molar-refractivity contribution is 5.94. The van der Waals surface area contributed by atoms with Crippen LogP contribution in [0.25, 0.3) is 0 Å². The number of benzene rings is 1. The van der Waals surface area contributed by atoms with Crippen molar-refractivity contribution in [2.45, 2.75) is 0 Å². The van der Waals surface area contributed by atoms with Crippen LogP contribution in [0.3, 0.4) is 0 Å². The summed E-state index contributed by atoms with van der Waals surface area (Å²) in [5, 5.41) is 8.97. The van der Waals surface area contributed by atoms with Crippen molar-refractivity contribution in [1.82, 2.24) is 14.8 Å². The SMILES string of the molecule is O=C(c1ccc(Oc2cccnc2)cc1)N1CCN(CCO)CC1. The average molecular weight is 327 g/mol. The molecule has 2 heterocycles. The van der Waals surface area contributed by atoms with Crippen LogP contribution in [0, 0.1) is 0 Å². The lowest BCUT2D eigenvalue weighted by Gasteiger charge is -2.34. The molecule has 1 saturated heterocycles. The van der Waals surface area contributed by atoms with Gasteiger partial charge in [0.25, 0.3) is 5.91 Å². The summed E-state index contributed by atoms with van der Waals surface area (Å²) in [6.07, 6.45) is 3.33. The molecule has 1 amide bonds. The Balaban J connectivity index is 1.58. The molecule has 1 fully saturated rings. The molecule has 6 heteroatoms. The molecule has 0 saturated carbocycles. The number of carbonyl (C=O) groups is 1. The van der Waals surface area contributed by atoms with Crippen molar-refractivity contribution in [2.75, 3.05) is 39.3 Å². The molecule has 1 aromatic carbocycles. The summed E-state index contributed by atoms with van der Waals surface area (Å²) in [6, 6.07) is 10.8. The number of β-amino-alcohol motifs (C(OH)–C–C–N with tert-alkyl or cyclic N) is 1. The molecule has 24 heavy (non-hydrogen) atoms. The average Bonchev–Trinajstić information content (AvgIpc) is 2.64. The second kappa shape index (κ2) is 7.90. The molecule has 0 spiro atoms. The number of piperazine rings is 1. The van der Waals surface area contributed by atoms with E-state index < -0.39 is 0 Å². The van der Waals surface area contributed by atoms with Gasteiger partial charge >= 0.3 is 0 Å². The molecule has 1 aliphatic heterocycles. The number of rotatable bonds is 5. The van der Waals surface area contributed by atoms with Crippen LogP contribution in [-0.2, 0) is 0 Å². The third-order valence-corrected chi connectivity index (χ3v) is 4.05. The van der Waals surface area contributed by atoms with Crippen LogP contribution in [0.5, 0.6) is 11.5 Å². The van der Waals surface area contributed by atoms with Crippen molar-refractivity contribution in [1.29, 1.82) is 0 Å². The number of aromatic nitrogens is 1. The van der Waals surface area contributed by atoms with Gasteiger partial charge in [-0.05, 0) is 36.4 Å². The Morgan fingerprint density at radius 2 is 1.83 bits per heavy atom. The summed E-state index contributed by atoms with van der Waals surface area (Å²) in [7, 11) is 0. The minimum atomic E-state index is 0.0339. The predicted molar refractivity (Wildman–Crippen MR) is 90.2 cm³/mol. The van der Waals surface area contributed by atoms with E-state index in [9.17, 15) is 4.79 Å². The van der Waals surface area contributed by atoms with Crippen LogP contribution in [0.1, 0.15) is 10.4 Å². The molecule has 0 radical (unpaired) electrons. The standard InChI is InChI=1S/C18H21N3O3/c22-13-12-20-8-10-21(11-9-20)18(23)15-3-5-16(6-4-15)24-17-2-1-7-19-14-17/h1-7,14,22H,8-13H2. The molecule has 0 unspecified atom stereocenters. The fourth-order valence-corrected chi connectivity index (χ4v) is 2.71. The summed E-state index contributed by atoms with van der Waals surface area (Å²) in [5.74, 6) is 1.37. The Morgan fingerprint density at radius 1 is 1.08 bits per heavy atom. The normalized spacial score (nSPS) is 15.3. The minimum absolute atomic E-state index is 0.0339. The van der Waals surface area contributed by atoms with E-state index in [1.807, 2.05) is 17.0 Å². The van der Waals surface area contributed by atoms with E-state index in [1.165, 1.54) is 0 Å². The lowest BCUT2D eigenvalue weighted by Crippen LogP contribution is -2.49. The lowest BCUT2D eigenvalue weighted by molar-refractivity contribution is 0.0615. The fourth-order valence-electron chi connectivity index (χ4n) is 2.71. The first-order chi connectivity index (χ1) is 11.8. The maximum Gasteiger partial charge on any atom is 0.253 e. The van der Waals surface area contributed by atoms with Gasteiger partial charge in [0.1, 0.15) is 11.5 Å². The smallest absolute Gasteiger partial charge is 0.253 e. The number of hydrogen-bond donors (Lipinski definition) is 1. The van der Waals surface area contributed by atoms with Crippen molar-refractivity contribution in [3.63, 3.8) is 0 Å². The fraction of sp³-hybridized carbons (Fsp3) is 0.333. The molecule has 1 aromatic heterocycles. The van der Waals surface area contributed by atoms with Gasteiger partial charge in [0.05, 0.1) is 12.8 Å². The van der Waals surface area contributed by atoms with Crippen molar-refractivity contribution in [3.8, 4) is 11.5 Å².